The number of nitrogens with zero attached hydrogens (tertiary/aromatic N) is 2. The van der Waals surface area contributed by atoms with Crippen LogP contribution in [0, 0.1) is 18.8 Å². The van der Waals surface area contributed by atoms with E-state index < -0.39 is 6.04 Å². The molecule has 0 unspecified atom stereocenters. The normalized spacial score (nSPS) is 20.1. The SMILES string of the molecule is COC(=O)[C@H](C(C)C)N1CN(c2ccc(C)cc2)C(=O)[C@H]1C(C)C. The topological polar surface area (TPSA) is 49.9 Å². The standard InChI is InChI=1S/C19H28N2O3/c1-12(2)16-18(22)20(15-9-7-14(5)8-10-15)11-21(16)17(13(3)4)19(23)24-6/h7-10,12-13,16-17H,11H2,1-6H3/t16-,17+/m1/s1. The maximum atomic E-state index is 13.0. The maximum absolute atomic E-state index is 13.0. The first-order chi connectivity index (χ1) is 11.3. The summed E-state index contributed by atoms with van der Waals surface area (Å²) in [5.41, 5.74) is 2.02. The molecule has 0 N–H and O–H groups in total. The summed E-state index contributed by atoms with van der Waals surface area (Å²) in [6.45, 7) is 10.4. The highest BCUT2D eigenvalue weighted by Crippen LogP contribution is 2.31. The molecule has 0 saturated carbocycles. The summed E-state index contributed by atoms with van der Waals surface area (Å²) < 4.78 is 5.00. The Morgan fingerprint density at radius 3 is 2.21 bits per heavy atom. The van der Waals surface area contributed by atoms with Gasteiger partial charge in [-0.1, -0.05) is 45.4 Å². The maximum Gasteiger partial charge on any atom is 0.323 e. The van der Waals surface area contributed by atoms with E-state index in [1.807, 2.05) is 63.8 Å². The average molecular weight is 332 g/mol. The Balaban J connectivity index is 2.38. The monoisotopic (exact) mass is 332 g/mol. The van der Waals surface area contributed by atoms with Gasteiger partial charge in [0.15, 0.2) is 0 Å². The van der Waals surface area contributed by atoms with Crippen LogP contribution in [0.15, 0.2) is 24.3 Å². The van der Waals surface area contributed by atoms with Gasteiger partial charge in [-0.15, -0.1) is 0 Å². The third kappa shape index (κ3) is 3.46. The lowest BCUT2D eigenvalue weighted by molar-refractivity contribution is -0.149. The third-order valence-electron chi connectivity index (χ3n) is 4.59. The minimum atomic E-state index is -0.429. The van der Waals surface area contributed by atoms with Crippen LogP contribution in [0.2, 0.25) is 0 Å². The Bertz CT molecular complexity index is 595. The molecule has 132 valence electrons. The minimum Gasteiger partial charge on any atom is -0.468 e. The second-order valence-electron chi connectivity index (χ2n) is 7.16. The lowest BCUT2D eigenvalue weighted by Gasteiger charge is -2.33. The lowest BCUT2D eigenvalue weighted by atomic mass is 9.97. The van der Waals surface area contributed by atoms with Crippen LogP contribution < -0.4 is 4.90 Å². The van der Waals surface area contributed by atoms with E-state index in [2.05, 4.69) is 0 Å². The molecule has 0 spiro atoms. The molecule has 1 fully saturated rings. The number of hydrogen-bond donors (Lipinski definition) is 0. The predicted molar refractivity (Wildman–Crippen MR) is 94.6 cm³/mol. The molecule has 2 rings (SSSR count). The number of anilines is 1. The van der Waals surface area contributed by atoms with Crippen molar-refractivity contribution in [2.24, 2.45) is 11.8 Å². The second kappa shape index (κ2) is 7.34. The van der Waals surface area contributed by atoms with Crippen LogP contribution >= 0.6 is 0 Å². The number of carbonyl (C=O) groups excluding carboxylic acids is 2. The highest BCUT2D eigenvalue weighted by molar-refractivity contribution is 6.00. The van der Waals surface area contributed by atoms with Crippen LogP contribution in [-0.4, -0.2) is 42.6 Å². The number of hydrogen-bond acceptors (Lipinski definition) is 4. The van der Waals surface area contributed by atoms with Gasteiger partial charge >= 0.3 is 5.97 Å². The van der Waals surface area contributed by atoms with Crippen molar-refractivity contribution in [2.75, 3.05) is 18.7 Å². The molecule has 0 radical (unpaired) electrons. The number of esters is 1. The fourth-order valence-electron chi connectivity index (χ4n) is 3.40. The van der Waals surface area contributed by atoms with E-state index >= 15 is 0 Å². The summed E-state index contributed by atoms with van der Waals surface area (Å²) in [5, 5.41) is 0. The second-order valence-corrected chi connectivity index (χ2v) is 7.16. The molecule has 1 heterocycles. The van der Waals surface area contributed by atoms with Gasteiger partial charge in [-0.2, -0.15) is 0 Å². The summed E-state index contributed by atoms with van der Waals surface area (Å²) in [4.78, 5) is 29.1. The van der Waals surface area contributed by atoms with Crippen LogP contribution in [0.1, 0.15) is 33.3 Å². The molecule has 0 aliphatic carbocycles. The third-order valence-corrected chi connectivity index (χ3v) is 4.59. The molecule has 5 heteroatoms. The zero-order chi connectivity index (χ0) is 18.0. The van der Waals surface area contributed by atoms with Crippen molar-refractivity contribution >= 4 is 17.6 Å². The molecular weight excluding hydrogens is 304 g/mol. The number of carbonyl (C=O) groups is 2. The van der Waals surface area contributed by atoms with Crippen LogP contribution in [0.5, 0.6) is 0 Å². The Kier molecular flexibility index (Phi) is 5.65. The van der Waals surface area contributed by atoms with Crippen molar-refractivity contribution in [1.82, 2.24) is 4.90 Å². The highest BCUT2D eigenvalue weighted by Gasteiger charge is 2.47. The van der Waals surface area contributed by atoms with E-state index in [4.69, 9.17) is 4.74 Å². The van der Waals surface area contributed by atoms with Crippen molar-refractivity contribution in [1.29, 1.82) is 0 Å². The Hall–Kier alpha value is -1.88. The lowest BCUT2D eigenvalue weighted by Crippen LogP contribution is -2.50. The molecule has 0 bridgehead atoms. The number of benzene rings is 1. The van der Waals surface area contributed by atoms with Gasteiger partial charge in [0.2, 0.25) is 5.91 Å². The van der Waals surface area contributed by atoms with Crippen molar-refractivity contribution in [3.63, 3.8) is 0 Å². The van der Waals surface area contributed by atoms with Gasteiger partial charge in [0.25, 0.3) is 0 Å². The van der Waals surface area contributed by atoms with E-state index in [0.29, 0.717) is 6.67 Å². The van der Waals surface area contributed by atoms with Gasteiger partial charge in [-0.25, -0.2) is 0 Å². The first-order valence-corrected chi connectivity index (χ1v) is 8.49. The Morgan fingerprint density at radius 1 is 1.17 bits per heavy atom. The number of methoxy groups -OCH3 is 1. The fraction of sp³-hybridized carbons (Fsp3) is 0.579. The fourth-order valence-corrected chi connectivity index (χ4v) is 3.40. The Labute approximate surface area is 144 Å². The average Bonchev–Trinajstić information content (AvgIpc) is 2.85. The van der Waals surface area contributed by atoms with E-state index in [9.17, 15) is 9.59 Å². The molecular formula is C19H28N2O3. The molecule has 1 saturated heterocycles. The zero-order valence-electron chi connectivity index (χ0n) is 15.4. The first-order valence-electron chi connectivity index (χ1n) is 8.49. The van der Waals surface area contributed by atoms with E-state index in [0.717, 1.165) is 11.3 Å². The summed E-state index contributed by atoms with van der Waals surface area (Å²) >= 11 is 0. The number of ether oxygens (including phenoxy) is 1. The molecule has 5 nitrogen and oxygen atoms in total. The highest BCUT2D eigenvalue weighted by atomic mass is 16.5. The zero-order valence-corrected chi connectivity index (χ0v) is 15.4. The van der Waals surface area contributed by atoms with Gasteiger partial charge in [0.05, 0.1) is 19.8 Å². The van der Waals surface area contributed by atoms with E-state index in [1.165, 1.54) is 7.11 Å². The molecule has 1 aliphatic rings. The van der Waals surface area contributed by atoms with Crippen molar-refractivity contribution in [3.8, 4) is 0 Å². The van der Waals surface area contributed by atoms with E-state index in [-0.39, 0.29) is 29.8 Å². The molecule has 1 aliphatic heterocycles. The summed E-state index contributed by atoms with van der Waals surface area (Å²) in [6.07, 6.45) is 0. The van der Waals surface area contributed by atoms with Crippen LogP contribution in [0.4, 0.5) is 5.69 Å². The molecule has 1 aromatic rings. The smallest absolute Gasteiger partial charge is 0.323 e. The first kappa shape index (κ1) is 18.5. The molecule has 1 amide bonds. The molecule has 2 atom stereocenters. The molecule has 1 aromatic carbocycles. The predicted octanol–water partition coefficient (Wildman–Crippen LogP) is 2.82. The number of aryl methyl sites for hydroxylation is 1. The number of rotatable bonds is 5. The van der Waals surface area contributed by atoms with Crippen LogP contribution in [-0.2, 0) is 14.3 Å². The van der Waals surface area contributed by atoms with Gasteiger partial charge in [0, 0.05) is 5.69 Å². The molecule has 0 aromatic heterocycles. The van der Waals surface area contributed by atoms with Crippen molar-refractivity contribution < 1.29 is 14.3 Å². The summed E-state index contributed by atoms with van der Waals surface area (Å²) in [5.74, 6) is -0.0686. The van der Waals surface area contributed by atoms with Crippen LogP contribution in [0.3, 0.4) is 0 Å². The summed E-state index contributed by atoms with van der Waals surface area (Å²) in [6, 6.07) is 7.15. The quantitative estimate of drug-likeness (QED) is 0.778. The van der Waals surface area contributed by atoms with Crippen molar-refractivity contribution in [3.05, 3.63) is 29.8 Å². The van der Waals surface area contributed by atoms with Gasteiger partial charge in [-0.05, 0) is 30.9 Å². The van der Waals surface area contributed by atoms with Crippen molar-refractivity contribution in [2.45, 2.75) is 46.7 Å². The van der Waals surface area contributed by atoms with Gasteiger partial charge in [-0.3, -0.25) is 19.4 Å². The molecule has 24 heavy (non-hydrogen) atoms. The van der Waals surface area contributed by atoms with Crippen LogP contribution in [0.25, 0.3) is 0 Å². The van der Waals surface area contributed by atoms with Gasteiger partial charge in [0.1, 0.15) is 6.04 Å². The largest absolute Gasteiger partial charge is 0.468 e. The summed E-state index contributed by atoms with van der Waals surface area (Å²) in [7, 11) is 1.40. The van der Waals surface area contributed by atoms with E-state index in [1.54, 1.807) is 4.90 Å². The minimum absolute atomic E-state index is 0.0448. The number of amides is 1. The Morgan fingerprint density at radius 2 is 1.75 bits per heavy atom. The van der Waals surface area contributed by atoms with Gasteiger partial charge < -0.3 is 4.74 Å².